The summed E-state index contributed by atoms with van der Waals surface area (Å²) in [6.07, 6.45) is 2.25. The maximum absolute atomic E-state index is 4.50. The third-order valence-corrected chi connectivity index (χ3v) is 3.24. The summed E-state index contributed by atoms with van der Waals surface area (Å²) >= 11 is 0.0214. The van der Waals surface area contributed by atoms with Crippen molar-refractivity contribution in [3.8, 4) is 0 Å². The highest BCUT2D eigenvalue weighted by atomic mass is 127. The fourth-order valence-electron chi connectivity index (χ4n) is 1.22. The maximum atomic E-state index is 4.50. The Labute approximate surface area is 70.8 Å². The molecule has 10 heavy (non-hydrogen) atoms. The van der Waals surface area contributed by atoms with Crippen LogP contribution in [0.4, 0.5) is 0 Å². The monoisotopic (exact) mass is 248 g/mol. The Hall–Kier alpha value is -0.0300. The lowest BCUT2D eigenvalue weighted by Crippen LogP contribution is -2.14. The Morgan fingerprint density at radius 3 is 3.30 bits per heavy atom. The minimum Gasteiger partial charge on any atom is -0.296 e. The van der Waals surface area contributed by atoms with Crippen LogP contribution in [0.3, 0.4) is 0 Å². The molecule has 0 aromatic heterocycles. The maximum Gasteiger partial charge on any atom is 0.0650 e. The van der Waals surface area contributed by atoms with E-state index in [4.69, 9.17) is 0 Å². The number of nitrogens with zero attached hydrogens (tertiary/aromatic N) is 2. The molecule has 0 fully saturated rings. The van der Waals surface area contributed by atoms with Gasteiger partial charge in [0, 0.05) is 34.1 Å². The molecular formula is C7H9IN2. The molecule has 54 valence electrons. The summed E-state index contributed by atoms with van der Waals surface area (Å²) in [4.78, 5) is 2.30. The van der Waals surface area contributed by atoms with Crippen molar-refractivity contribution in [2.24, 2.45) is 3.15 Å². The van der Waals surface area contributed by atoms with Crippen molar-refractivity contribution in [1.29, 1.82) is 0 Å². The van der Waals surface area contributed by atoms with Gasteiger partial charge >= 0.3 is 0 Å². The number of hydrogen-bond acceptors (Lipinski definition) is 2. The molecule has 0 atom stereocenters. The highest BCUT2D eigenvalue weighted by molar-refractivity contribution is 14.2. The zero-order chi connectivity index (χ0) is 6.97. The fraction of sp³-hybridized carbons (Fsp3) is 0.429. The molecule has 2 aliphatic heterocycles. The molecule has 0 aliphatic carbocycles. The van der Waals surface area contributed by atoms with Crippen LogP contribution in [0.25, 0.3) is 0 Å². The van der Waals surface area contributed by atoms with Gasteiger partial charge in [-0.25, -0.2) is 3.15 Å². The Bertz CT molecular complexity index is 216. The van der Waals surface area contributed by atoms with Gasteiger partial charge in [0.1, 0.15) is 0 Å². The first-order valence-electron chi connectivity index (χ1n) is 3.27. The predicted molar refractivity (Wildman–Crippen MR) is 50.1 cm³/mol. The standard InChI is InChI=1S/C7H9IN2/c1-10-4-6-2-3-8-9-7(6)5-10/h2-3H,4-5H2,1H3. The average molecular weight is 248 g/mol. The number of hydrogen-bond donors (Lipinski definition) is 0. The quantitative estimate of drug-likeness (QED) is 0.597. The van der Waals surface area contributed by atoms with Gasteiger partial charge in [0.05, 0.1) is 5.70 Å². The van der Waals surface area contributed by atoms with E-state index >= 15 is 0 Å². The lowest BCUT2D eigenvalue weighted by Gasteiger charge is -2.03. The van der Waals surface area contributed by atoms with E-state index in [1.807, 2.05) is 0 Å². The summed E-state index contributed by atoms with van der Waals surface area (Å²) in [5, 5.41) is 0. The van der Waals surface area contributed by atoms with Crippen LogP contribution in [0.15, 0.2) is 24.6 Å². The Kier molecular flexibility index (Phi) is 1.69. The van der Waals surface area contributed by atoms with E-state index in [2.05, 4.69) is 25.3 Å². The molecule has 0 saturated carbocycles. The Morgan fingerprint density at radius 2 is 2.50 bits per heavy atom. The summed E-state index contributed by atoms with van der Waals surface area (Å²) in [6, 6.07) is 0. The van der Waals surface area contributed by atoms with Crippen molar-refractivity contribution in [2.45, 2.75) is 0 Å². The Balaban J connectivity index is 2.31. The lowest BCUT2D eigenvalue weighted by atomic mass is 10.2. The number of halogens is 1. The van der Waals surface area contributed by atoms with E-state index in [1.54, 1.807) is 0 Å². The molecule has 0 unspecified atom stereocenters. The van der Waals surface area contributed by atoms with E-state index in [0.29, 0.717) is 0 Å². The van der Waals surface area contributed by atoms with Gasteiger partial charge in [-0.15, -0.1) is 0 Å². The van der Waals surface area contributed by atoms with Gasteiger partial charge in [-0.1, -0.05) is 0 Å². The van der Waals surface area contributed by atoms with Gasteiger partial charge < -0.3 is 0 Å². The molecule has 0 saturated heterocycles. The first-order chi connectivity index (χ1) is 4.86. The van der Waals surface area contributed by atoms with Gasteiger partial charge in [-0.3, -0.25) is 4.90 Å². The van der Waals surface area contributed by atoms with Crippen molar-refractivity contribution in [2.75, 3.05) is 20.1 Å². The first kappa shape index (κ1) is 6.67. The molecular weight excluding hydrogens is 239 g/mol. The van der Waals surface area contributed by atoms with Crippen molar-refractivity contribution >= 4 is 21.0 Å². The molecule has 0 bridgehead atoms. The molecule has 2 aliphatic rings. The summed E-state index contributed by atoms with van der Waals surface area (Å²) < 4.78 is 6.74. The van der Waals surface area contributed by atoms with Crippen molar-refractivity contribution in [3.63, 3.8) is 0 Å². The molecule has 3 heteroatoms. The van der Waals surface area contributed by atoms with Gasteiger partial charge in [-0.05, 0) is 22.8 Å². The van der Waals surface area contributed by atoms with Gasteiger partial charge in [-0.2, -0.15) is 0 Å². The molecule has 0 aromatic carbocycles. The second-order valence-electron chi connectivity index (χ2n) is 2.62. The second-order valence-corrected chi connectivity index (χ2v) is 4.38. The highest BCUT2D eigenvalue weighted by Gasteiger charge is 2.17. The molecule has 0 radical (unpaired) electrons. The zero-order valence-electron chi connectivity index (χ0n) is 5.84. The topological polar surface area (TPSA) is 15.6 Å². The summed E-state index contributed by atoms with van der Waals surface area (Å²) in [5.74, 6) is 0. The van der Waals surface area contributed by atoms with Crippen LogP contribution in [0.1, 0.15) is 0 Å². The van der Waals surface area contributed by atoms with E-state index in [-0.39, 0.29) is 21.0 Å². The minimum absolute atomic E-state index is 0.0214. The van der Waals surface area contributed by atoms with E-state index < -0.39 is 0 Å². The van der Waals surface area contributed by atoms with E-state index in [9.17, 15) is 0 Å². The normalized spacial score (nSPS) is 24.9. The molecule has 0 amide bonds. The molecule has 2 nitrogen and oxygen atoms in total. The van der Waals surface area contributed by atoms with Gasteiger partial charge in [0.25, 0.3) is 0 Å². The molecule has 0 spiro atoms. The van der Waals surface area contributed by atoms with Crippen molar-refractivity contribution in [3.05, 3.63) is 21.4 Å². The zero-order valence-corrected chi connectivity index (χ0v) is 8.00. The van der Waals surface area contributed by atoms with Crippen LogP contribution in [0, 0.1) is 0 Å². The smallest absolute Gasteiger partial charge is 0.0650 e. The van der Waals surface area contributed by atoms with Crippen LogP contribution in [-0.4, -0.2) is 25.0 Å². The third-order valence-electron chi connectivity index (χ3n) is 1.70. The summed E-state index contributed by atoms with van der Waals surface area (Å²) in [7, 11) is 2.14. The summed E-state index contributed by atoms with van der Waals surface area (Å²) in [5.41, 5.74) is 2.78. The first-order valence-corrected chi connectivity index (χ1v) is 5.48. The number of likely N-dealkylation sites (N-methyl/N-ethyl adjacent to an activating group) is 1. The summed E-state index contributed by atoms with van der Waals surface area (Å²) in [6.45, 7) is 2.17. The minimum atomic E-state index is 0.0214. The number of rotatable bonds is 0. The van der Waals surface area contributed by atoms with Crippen LogP contribution < -0.4 is 0 Å². The van der Waals surface area contributed by atoms with Gasteiger partial charge in [0.2, 0.25) is 0 Å². The SMILES string of the molecule is CN1CC2=C(C1)N=IC=C2. The van der Waals surface area contributed by atoms with Crippen LogP contribution in [-0.2, 0) is 0 Å². The molecule has 2 heterocycles. The Morgan fingerprint density at radius 1 is 1.60 bits per heavy atom. The van der Waals surface area contributed by atoms with Crippen molar-refractivity contribution < 1.29 is 0 Å². The molecule has 0 aromatic rings. The van der Waals surface area contributed by atoms with E-state index in [1.165, 1.54) is 11.3 Å². The largest absolute Gasteiger partial charge is 0.296 e. The molecule has 2 rings (SSSR count). The van der Waals surface area contributed by atoms with Crippen molar-refractivity contribution in [1.82, 2.24) is 4.90 Å². The third kappa shape index (κ3) is 1.08. The van der Waals surface area contributed by atoms with E-state index in [0.717, 1.165) is 13.1 Å². The second kappa shape index (κ2) is 2.54. The molecule has 0 N–H and O–H groups in total. The fourth-order valence-corrected chi connectivity index (χ4v) is 2.77. The van der Waals surface area contributed by atoms with Crippen LogP contribution >= 0.6 is 21.0 Å². The lowest BCUT2D eigenvalue weighted by molar-refractivity contribution is 0.426. The highest BCUT2D eigenvalue weighted by Crippen LogP contribution is 2.26. The van der Waals surface area contributed by atoms with Crippen LogP contribution in [0.5, 0.6) is 0 Å². The predicted octanol–water partition coefficient (Wildman–Crippen LogP) is 1.87. The van der Waals surface area contributed by atoms with Gasteiger partial charge in [0.15, 0.2) is 0 Å². The van der Waals surface area contributed by atoms with Crippen LogP contribution in [0.2, 0.25) is 0 Å². The average Bonchev–Trinajstić information content (AvgIpc) is 2.27.